The Bertz CT molecular complexity index is 1720. The predicted molar refractivity (Wildman–Crippen MR) is 173 cm³/mol. The third kappa shape index (κ3) is 6.83. The Kier molecular flexibility index (Phi) is 9.08. The summed E-state index contributed by atoms with van der Waals surface area (Å²) in [7, 11) is 0. The molecule has 6 rings (SSSR count). The molecule has 236 valence electrons. The SMILES string of the molecule is Cc1cc2oc(C(=O)N[C@H](Cc3ccc(Cl)cc3)C(=O)N3CCC(Cn4cncn4)(C4CCCCC4)CC3)cc(=O)c2cc1C. The summed E-state index contributed by atoms with van der Waals surface area (Å²) in [6, 6.07) is 11.2. The molecule has 1 aliphatic heterocycles. The van der Waals surface area contributed by atoms with E-state index < -0.39 is 11.9 Å². The molecule has 1 aliphatic carbocycles. The zero-order chi connectivity index (χ0) is 31.6. The molecule has 2 amide bonds. The predicted octanol–water partition coefficient (Wildman–Crippen LogP) is 5.89. The molecule has 2 aromatic heterocycles. The molecule has 1 saturated carbocycles. The van der Waals surface area contributed by atoms with E-state index in [1.165, 1.54) is 38.2 Å². The standard InChI is InChI=1S/C35H40ClN5O4/c1-23-16-28-30(42)19-32(45-31(28)17-24(23)2)33(43)39-29(18-25-8-10-27(36)11-9-25)34(44)40-14-12-35(13-15-40,20-41-22-37-21-38-41)26-6-4-3-5-7-26/h8-11,16-17,19,21-22,26,29H,3-7,12-15,18,20H2,1-2H3,(H,39,43)/t29-/m1/s1. The second-order valence-corrected chi connectivity index (χ2v) is 13.3. The minimum absolute atomic E-state index is 0.0464. The highest BCUT2D eigenvalue weighted by Gasteiger charge is 2.44. The van der Waals surface area contributed by atoms with Crippen LogP contribution in [0.15, 0.2) is 64.3 Å². The average Bonchev–Trinajstić information content (AvgIpc) is 3.56. The fraction of sp³-hybridized carbons (Fsp3) is 0.457. The number of halogens is 1. The van der Waals surface area contributed by atoms with Gasteiger partial charge in [0.1, 0.15) is 24.3 Å². The van der Waals surface area contributed by atoms with Crippen LogP contribution >= 0.6 is 11.6 Å². The third-order valence-corrected chi connectivity index (χ3v) is 10.3. The van der Waals surface area contributed by atoms with Crippen molar-refractivity contribution in [3.63, 3.8) is 0 Å². The zero-order valence-corrected chi connectivity index (χ0v) is 26.7. The summed E-state index contributed by atoms with van der Waals surface area (Å²) >= 11 is 6.12. The van der Waals surface area contributed by atoms with Gasteiger partial charge < -0.3 is 14.6 Å². The summed E-state index contributed by atoms with van der Waals surface area (Å²) in [6.45, 7) is 5.85. The quantitative estimate of drug-likeness (QED) is 0.260. The summed E-state index contributed by atoms with van der Waals surface area (Å²) in [4.78, 5) is 46.7. The minimum Gasteiger partial charge on any atom is -0.451 e. The van der Waals surface area contributed by atoms with Crippen molar-refractivity contribution in [2.75, 3.05) is 13.1 Å². The molecule has 45 heavy (non-hydrogen) atoms. The summed E-state index contributed by atoms with van der Waals surface area (Å²) in [5.74, 6) is -0.280. The van der Waals surface area contributed by atoms with E-state index in [0.717, 1.165) is 36.1 Å². The van der Waals surface area contributed by atoms with Crippen molar-refractivity contribution in [3.05, 3.63) is 92.8 Å². The van der Waals surface area contributed by atoms with Gasteiger partial charge in [-0.3, -0.25) is 19.1 Å². The van der Waals surface area contributed by atoms with Crippen LogP contribution in [0, 0.1) is 25.2 Å². The first-order valence-corrected chi connectivity index (χ1v) is 16.3. The summed E-state index contributed by atoms with van der Waals surface area (Å²) in [6.07, 6.45) is 11.5. The monoisotopic (exact) mass is 629 g/mol. The Morgan fingerprint density at radius 3 is 2.44 bits per heavy atom. The van der Waals surface area contributed by atoms with Crippen molar-refractivity contribution in [2.45, 2.75) is 77.8 Å². The van der Waals surface area contributed by atoms with Gasteiger partial charge in [-0.25, -0.2) is 4.98 Å². The van der Waals surface area contributed by atoms with Crippen LogP contribution < -0.4 is 10.7 Å². The number of aryl methyl sites for hydroxylation is 2. The van der Waals surface area contributed by atoms with Gasteiger partial charge in [-0.2, -0.15) is 5.10 Å². The van der Waals surface area contributed by atoms with E-state index in [0.29, 0.717) is 35.0 Å². The van der Waals surface area contributed by atoms with Gasteiger partial charge in [-0.15, -0.1) is 0 Å². The van der Waals surface area contributed by atoms with Crippen LogP contribution in [0.5, 0.6) is 0 Å². The maximum absolute atomic E-state index is 14.2. The number of benzene rings is 2. The van der Waals surface area contributed by atoms with Crippen LogP contribution in [0.3, 0.4) is 0 Å². The second kappa shape index (κ2) is 13.2. The number of fused-ring (bicyclic) bond motifs is 1. The van der Waals surface area contributed by atoms with Gasteiger partial charge in [-0.05, 0) is 91.8 Å². The number of hydrogen-bond acceptors (Lipinski definition) is 6. The van der Waals surface area contributed by atoms with Crippen molar-refractivity contribution in [1.29, 1.82) is 0 Å². The van der Waals surface area contributed by atoms with Gasteiger partial charge in [-0.1, -0.05) is 43.0 Å². The Morgan fingerprint density at radius 1 is 1.04 bits per heavy atom. The number of nitrogens with zero attached hydrogens (tertiary/aromatic N) is 4. The molecule has 0 bridgehead atoms. The van der Waals surface area contributed by atoms with Gasteiger partial charge in [0.25, 0.3) is 5.91 Å². The Morgan fingerprint density at radius 2 is 1.76 bits per heavy atom. The molecular weight excluding hydrogens is 590 g/mol. The highest BCUT2D eigenvalue weighted by molar-refractivity contribution is 6.30. The summed E-state index contributed by atoms with van der Waals surface area (Å²) in [5, 5.41) is 8.35. The molecule has 10 heteroatoms. The van der Waals surface area contributed by atoms with E-state index in [4.69, 9.17) is 16.0 Å². The van der Waals surface area contributed by atoms with Crippen molar-refractivity contribution >= 4 is 34.4 Å². The number of hydrogen-bond donors (Lipinski definition) is 1. The summed E-state index contributed by atoms with van der Waals surface area (Å²) < 4.78 is 7.85. The fourth-order valence-electron chi connectivity index (χ4n) is 7.25. The molecule has 2 aromatic carbocycles. The molecule has 9 nitrogen and oxygen atoms in total. The molecule has 2 fully saturated rings. The number of nitrogens with one attached hydrogen (secondary N) is 1. The molecule has 2 aliphatic rings. The highest BCUT2D eigenvalue weighted by atomic mass is 35.5. The normalized spacial score (nSPS) is 17.7. The lowest BCUT2D eigenvalue weighted by atomic mass is 9.63. The third-order valence-electron chi connectivity index (χ3n) is 10.0. The first kappa shape index (κ1) is 31.0. The van der Waals surface area contributed by atoms with Gasteiger partial charge in [0.2, 0.25) is 5.91 Å². The Hall–Kier alpha value is -3.98. The second-order valence-electron chi connectivity index (χ2n) is 12.9. The maximum Gasteiger partial charge on any atom is 0.287 e. The van der Waals surface area contributed by atoms with Crippen molar-refractivity contribution in [2.24, 2.45) is 11.3 Å². The molecule has 4 aromatic rings. The lowest BCUT2D eigenvalue weighted by Crippen LogP contribution is -2.54. The van der Waals surface area contributed by atoms with Crippen molar-refractivity contribution in [1.82, 2.24) is 25.0 Å². The van der Waals surface area contributed by atoms with Crippen LogP contribution in [0.1, 0.15) is 72.2 Å². The van der Waals surface area contributed by atoms with Crippen LogP contribution in [0.4, 0.5) is 0 Å². The van der Waals surface area contributed by atoms with Crippen molar-refractivity contribution < 1.29 is 14.0 Å². The topological polar surface area (TPSA) is 110 Å². The van der Waals surface area contributed by atoms with Gasteiger partial charge in [0, 0.05) is 37.1 Å². The zero-order valence-electron chi connectivity index (χ0n) is 25.9. The molecule has 1 atom stereocenters. The number of likely N-dealkylation sites (tertiary alicyclic amines) is 1. The maximum atomic E-state index is 14.2. The van der Waals surface area contributed by atoms with E-state index in [1.54, 1.807) is 36.9 Å². The van der Waals surface area contributed by atoms with Crippen LogP contribution in [-0.2, 0) is 17.8 Å². The summed E-state index contributed by atoms with van der Waals surface area (Å²) in [5.41, 5.74) is 2.88. The smallest absolute Gasteiger partial charge is 0.287 e. The van der Waals surface area contributed by atoms with Gasteiger partial charge in [0.05, 0.1) is 5.39 Å². The first-order valence-electron chi connectivity index (χ1n) is 15.9. The van der Waals surface area contributed by atoms with E-state index >= 15 is 0 Å². The van der Waals surface area contributed by atoms with E-state index in [9.17, 15) is 14.4 Å². The number of aromatic nitrogens is 3. The number of rotatable bonds is 8. The highest BCUT2D eigenvalue weighted by Crippen LogP contribution is 2.47. The molecule has 3 heterocycles. The minimum atomic E-state index is -0.850. The lowest BCUT2D eigenvalue weighted by molar-refractivity contribution is -0.136. The fourth-order valence-corrected chi connectivity index (χ4v) is 7.38. The number of piperidine rings is 1. The van der Waals surface area contributed by atoms with E-state index in [2.05, 4.69) is 15.4 Å². The first-order chi connectivity index (χ1) is 21.7. The number of amides is 2. The van der Waals surface area contributed by atoms with E-state index in [-0.39, 0.29) is 28.9 Å². The van der Waals surface area contributed by atoms with Crippen LogP contribution in [0.2, 0.25) is 5.02 Å². The number of carbonyl (C=O) groups is 2. The molecule has 0 unspecified atom stereocenters. The van der Waals surface area contributed by atoms with Gasteiger partial charge >= 0.3 is 0 Å². The Labute approximate surface area is 268 Å². The van der Waals surface area contributed by atoms with E-state index in [1.807, 2.05) is 35.6 Å². The van der Waals surface area contributed by atoms with Crippen LogP contribution in [-0.4, -0.2) is 50.6 Å². The van der Waals surface area contributed by atoms with Crippen LogP contribution in [0.25, 0.3) is 11.0 Å². The average molecular weight is 630 g/mol. The molecule has 0 spiro atoms. The molecule has 0 radical (unpaired) electrons. The largest absolute Gasteiger partial charge is 0.451 e. The Balaban J connectivity index is 1.23. The van der Waals surface area contributed by atoms with Gasteiger partial charge in [0.15, 0.2) is 11.2 Å². The molecule has 1 N–H and O–H groups in total. The van der Waals surface area contributed by atoms with Crippen molar-refractivity contribution in [3.8, 4) is 0 Å². The molecular formula is C35H40ClN5O4. The lowest BCUT2D eigenvalue weighted by Gasteiger charge is -2.48. The number of carbonyl (C=O) groups excluding carboxylic acids is 2. The molecule has 1 saturated heterocycles.